The average Bonchev–Trinajstić information content (AvgIpc) is 2.82. The molecule has 3 rings (SSSR count). The van der Waals surface area contributed by atoms with Gasteiger partial charge in [-0.25, -0.2) is 4.98 Å². The van der Waals surface area contributed by atoms with Gasteiger partial charge in [-0.05, 0) is 36.6 Å². The Morgan fingerprint density at radius 3 is 3.00 bits per heavy atom. The van der Waals surface area contributed by atoms with E-state index in [0.717, 1.165) is 47.8 Å². The summed E-state index contributed by atoms with van der Waals surface area (Å²) < 4.78 is 2.03. The van der Waals surface area contributed by atoms with Gasteiger partial charge in [0.2, 0.25) is 0 Å². The molecule has 4 heteroatoms. The number of amidine groups is 1. The normalized spacial score (nSPS) is 15.3. The fourth-order valence-corrected chi connectivity index (χ4v) is 2.06. The number of hydrogen-bond acceptors (Lipinski definition) is 3. The molecule has 0 aromatic carbocycles. The van der Waals surface area contributed by atoms with Gasteiger partial charge in [0.25, 0.3) is 0 Å². The van der Waals surface area contributed by atoms with Crippen molar-refractivity contribution in [3.63, 3.8) is 0 Å². The lowest BCUT2D eigenvalue weighted by Crippen LogP contribution is -2.30. The Balaban J connectivity index is 2.05. The molecule has 1 aliphatic heterocycles. The molecule has 0 aliphatic carbocycles. The summed E-state index contributed by atoms with van der Waals surface area (Å²) in [6.07, 6.45) is 5.16. The van der Waals surface area contributed by atoms with Crippen LogP contribution in [0.25, 0.3) is 11.2 Å². The van der Waals surface area contributed by atoms with Gasteiger partial charge < -0.3 is 9.72 Å². The molecule has 0 unspecified atom stereocenters. The lowest BCUT2D eigenvalue weighted by Gasteiger charge is -2.11. The molecule has 92 valence electrons. The fraction of sp³-hybridized carbons (Fsp3) is 0.286. The number of aromatic nitrogens is 2. The van der Waals surface area contributed by atoms with Crippen LogP contribution in [0.4, 0.5) is 0 Å². The molecule has 0 amide bonds. The van der Waals surface area contributed by atoms with E-state index in [-0.39, 0.29) is 0 Å². The quantitative estimate of drug-likeness (QED) is 0.873. The molecule has 0 saturated carbocycles. The third kappa shape index (κ3) is 1.90. The summed E-state index contributed by atoms with van der Waals surface area (Å²) in [6, 6.07) is 4.06. The maximum Gasteiger partial charge on any atom is 0.148 e. The lowest BCUT2D eigenvalue weighted by molar-refractivity contribution is 0.741. The first-order valence-electron chi connectivity index (χ1n) is 6.17. The number of nitrogens with zero attached hydrogens (tertiary/aromatic N) is 3. The number of nitrogens with one attached hydrogen (secondary N) is 1. The number of allylic oxidation sites excluding steroid dienone is 1. The Morgan fingerprint density at radius 1 is 1.39 bits per heavy atom. The van der Waals surface area contributed by atoms with Crippen molar-refractivity contribution in [3.8, 4) is 0 Å². The second kappa shape index (κ2) is 4.29. The number of hydrogen-bond donors (Lipinski definition) is 1. The first kappa shape index (κ1) is 11.0. The van der Waals surface area contributed by atoms with Crippen LogP contribution in [-0.4, -0.2) is 28.3 Å². The second-order valence-electron chi connectivity index (χ2n) is 4.60. The molecule has 2 aromatic heterocycles. The van der Waals surface area contributed by atoms with Crippen molar-refractivity contribution in [2.24, 2.45) is 4.99 Å². The summed E-state index contributed by atoms with van der Waals surface area (Å²) in [4.78, 5) is 9.04. The van der Waals surface area contributed by atoms with E-state index in [1.165, 1.54) is 0 Å². The Kier molecular flexibility index (Phi) is 2.63. The van der Waals surface area contributed by atoms with Crippen LogP contribution in [0.3, 0.4) is 0 Å². The topological polar surface area (TPSA) is 41.7 Å². The number of imidazole rings is 1. The van der Waals surface area contributed by atoms with Gasteiger partial charge in [-0.1, -0.05) is 6.58 Å². The molecular weight excluding hydrogens is 224 g/mol. The third-order valence-electron chi connectivity index (χ3n) is 3.08. The number of rotatable bonds is 2. The second-order valence-corrected chi connectivity index (χ2v) is 4.60. The molecule has 0 atom stereocenters. The number of pyridine rings is 1. The standard InChI is InChI=1S/C14H16N4/c1-10(2)11-4-5-13-17-12(9-18(13)8-11)14-15-6-3-7-16-14/h4-5,8-9H,1,3,6-7H2,2H3,(H,15,16). The van der Waals surface area contributed by atoms with E-state index < -0.39 is 0 Å². The zero-order valence-electron chi connectivity index (χ0n) is 10.5. The molecule has 1 aliphatic rings. The summed E-state index contributed by atoms with van der Waals surface area (Å²) in [5, 5.41) is 3.29. The van der Waals surface area contributed by atoms with Crippen LogP contribution in [0.2, 0.25) is 0 Å². The smallest absolute Gasteiger partial charge is 0.148 e. The monoisotopic (exact) mass is 240 g/mol. The van der Waals surface area contributed by atoms with Gasteiger partial charge in [-0.15, -0.1) is 0 Å². The van der Waals surface area contributed by atoms with Crippen molar-refractivity contribution >= 4 is 17.1 Å². The van der Waals surface area contributed by atoms with Crippen LogP contribution in [0.5, 0.6) is 0 Å². The van der Waals surface area contributed by atoms with Gasteiger partial charge in [0.15, 0.2) is 0 Å². The van der Waals surface area contributed by atoms with E-state index in [4.69, 9.17) is 0 Å². The fourth-order valence-electron chi connectivity index (χ4n) is 2.06. The summed E-state index contributed by atoms with van der Waals surface area (Å²) in [5.41, 5.74) is 4.03. The minimum absolute atomic E-state index is 0.882. The predicted molar refractivity (Wildman–Crippen MR) is 73.9 cm³/mol. The van der Waals surface area contributed by atoms with E-state index in [2.05, 4.69) is 28.1 Å². The maximum atomic E-state index is 4.58. The van der Waals surface area contributed by atoms with Crippen molar-refractivity contribution < 1.29 is 0 Å². The zero-order chi connectivity index (χ0) is 12.5. The van der Waals surface area contributed by atoms with Gasteiger partial charge in [0.05, 0.1) is 0 Å². The minimum Gasteiger partial charge on any atom is -0.368 e. The molecule has 0 radical (unpaired) electrons. The highest BCUT2D eigenvalue weighted by Crippen LogP contribution is 2.14. The van der Waals surface area contributed by atoms with Crippen LogP contribution in [0.1, 0.15) is 24.6 Å². The molecule has 1 N–H and O–H groups in total. The van der Waals surface area contributed by atoms with E-state index in [1.807, 2.05) is 29.7 Å². The van der Waals surface area contributed by atoms with Crippen LogP contribution in [0.15, 0.2) is 36.1 Å². The van der Waals surface area contributed by atoms with Gasteiger partial charge in [-0.3, -0.25) is 4.99 Å². The highest BCUT2D eigenvalue weighted by atomic mass is 15.1. The molecule has 0 saturated heterocycles. The maximum absolute atomic E-state index is 4.58. The van der Waals surface area contributed by atoms with E-state index in [9.17, 15) is 0 Å². The summed E-state index contributed by atoms with van der Waals surface area (Å²) in [5.74, 6) is 0.904. The van der Waals surface area contributed by atoms with Gasteiger partial charge in [-0.2, -0.15) is 0 Å². The highest BCUT2D eigenvalue weighted by Gasteiger charge is 2.11. The lowest BCUT2D eigenvalue weighted by atomic mass is 10.1. The van der Waals surface area contributed by atoms with E-state index >= 15 is 0 Å². The van der Waals surface area contributed by atoms with Crippen LogP contribution in [-0.2, 0) is 0 Å². The van der Waals surface area contributed by atoms with Crippen molar-refractivity contribution in [2.45, 2.75) is 13.3 Å². The third-order valence-corrected chi connectivity index (χ3v) is 3.08. The summed E-state index contributed by atoms with van der Waals surface area (Å²) >= 11 is 0. The van der Waals surface area contributed by atoms with Crippen LogP contribution < -0.4 is 5.32 Å². The number of fused-ring (bicyclic) bond motifs is 1. The highest BCUT2D eigenvalue weighted by molar-refractivity contribution is 5.97. The van der Waals surface area contributed by atoms with Crippen LogP contribution in [0, 0.1) is 0 Å². The first-order chi connectivity index (χ1) is 8.74. The Labute approximate surface area is 106 Å². The molecule has 0 spiro atoms. The van der Waals surface area contributed by atoms with Crippen molar-refractivity contribution in [1.29, 1.82) is 0 Å². The molecule has 4 nitrogen and oxygen atoms in total. The number of aliphatic imine (C=N–C) groups is 1. The molecular formula is C14H16N4. The van der Waals surface area contributed by atoms with E-state index in [1.54, 1.807) is 0 Å². The van der Waals surface area contributed by atoms with Crippen LogP contribution >= 0.6 is 0 Å². The van der Waals surface area contributed by atoms with Crippen molar-refractivity contribution in [1.82, 2.24) is 14.7 Å². The first-order valence-corrected chi connectivity index (χ1v) is 6.17. The summed E-state index contributed by atoms with van der Waals surface area (Å²) in [7, 11) is 0. The van der Waals surface area contributed by atoms with Gasteiger partial charge >= 0.3 is 0 Å². The van der Waals surface area contributed by atoms with Crippen molar-refractivity contribution in [2.75, 3.05) is 13.1 Å². The van der Waals surface area contributed by atoms with E-state index in [0.29, 0.717) is 0 Å². The largest absolute Gasteiger partial charge is 0.368 e. The molecule has 2 aromatic rings. The molecule has 3 heterocycles. The SMILES string of the molecule is C=C(C)c1ccc2nc(C3=NCCCN3)cn2c1. The summed E-state index contributed by atoms with van der Waals surface area (Å²) in [6.45, 7) is 7.82. The molecule has 18 heavy (non-hydrogen) atoms. The van der Waals surface area contributed by atoms with Gasteiger partial charge in [0, 0.05) is 25.5 Å². The molecule has 0 fully saturated rings. The van der Waals surface area contributed by atoms with Gasteiger partial charge in [0.1, 0.15) is 17.2 Å². The average molecular weight is 240 g/mol. The Bertz CT molecular complexity index is 636. The zero-order valence-corrected chi connectivity index (χ0v) is 10.5. The Morgan fingerprint density at radius 2 is 2.28 bits per heavy atom. The molecule has 0 bridgehead atoms. The Hall–Kier alpha value is -2.10. The van der Waals surface area contributed by atoms with Crippen molar-refractivity contribution in [3.05, 3.63) is 42.4 Å². The minimum atomic E-state index is 0.882. The predicted octanol–water partition coefficient (Wildman–Crippen LogP) is 2.11.